The minimum Gasteiger partial charge on any atom is -0.278 e. The van der Waals surface area contributed by atoms with E-state index in [1.807, 2.05) is 43.3 Å². The van der Waals surface area contributed by atoms with Gasteiger partial charge < -0.3 is 0 Å². The average Bonchev–Trinajstić information content (AvgIpc) is 2.57. The third-order valence-electron chi connectivity index (χ3n) is 4.71. The molecule has 3 nitrogen and oxygen atoms in total. The number of carbonyl (C=O) groups is 2. The van der Waals surface area contributed by atoms with E-state index < -0.39 is 5.41 Å². The van der Waals surface area contributed by atoms with Gasteiger partial charge in [0.15, 0.2) is 0 Å². The highest BCUT2D eigenvalue weighted by molar-refractivity contribution is 6.08. The lowest BCUT2D eigenvalue weighted by Gasteiger charge is -2.37. The van der Waals surface area contributed by atoms with E-state index in [-0.39, 0.29) is 11.8 Å². The van der Waals surface area contributed by atoms with Gasteiger partial charge in [0.1, 0.15) is 0 Å². The Kier molecular flexibility index (Phi) is 4.03. The van der Waals surface area contributed by atoms with E-state index in [1.165, 1.54) is 4.90 Å². The van der Waals surface area contributed by atoms with E-state index in [4.69, 9.17) is 0 Å². The van der Waals surface area contributed by atoms with Gasteiger partial charge >= 0.3 is 0 Å². The van der Waals surface area contributed by atoms with Crippen molar-refractivity contribution in [1.82, 2.24) is 4.90 Å². The number of fused-ring (bicyclic) bond motifs is 1. The van der Waals surface area contributed by atoms with Gasteiger partial charge in [-0.25, -0.2) is 0 Å². The lowest BCUT2D eigenvalue weighted by atomic mass is 9.78. The van der Waals surface area contributed by atoms with Crippen molar-refractivity contribution in [3.63, 3.8) is 0 Å². The van der Waals surface area contributed by atoms with Gasteiger partial charge in [-0.15, -0.1) is 6.58 Å². The molecule has 1 heterocycles. The molecule has 0 saturated carbocycles. The normalized spacial score (nSPS) is 21.4. The predicted molar refractivity (Wildman–Crippen MR) is 92.1 cm³/mol. The van der Waals surface area contributed by atoms with E-state index in [1.54, 1.807) is 12.1 Å². The highest BCUT2D eigenvalue weighted by Crippen LogP contribution is 2.35. The summed E-state index contributed by atoms with van der Waals surface area (Å²) in [5.74, 6) is -0.280. The average molecular weight is 307 g/mol. The SMILES string of the molecule is C=CCC1(C)CCCN(C(=O)c2ccc3ccccc3c2)C1=O. The fourth-order valence-electron chi connectivity index (χ4n) is 3.34. The second-order valence-electron chi connectivity index (χ2n) is 6.48. The van der Waals surface area contributed by atoms with Crippen LogP contribution in [0.25, 0.3) is 10.8 Å². The number of hydrogen-bond donors (Lipinski definition) is 0. The second-order valence-corrected chi connectivity index (χ2v) is 6.48. The number of likely N-dealkylation sites (tertiary alicyclic amines) is 1. The van der Waals surface area contributed by atoms with Gasteiger partial charge in [-0.05, 0) is 42.2 Å². The van der Waals surface area contributed by atoms with Crippen LogP contribution >= 0.6 is 0 Å². The molecule has 0 aromatic heterocycles. The van der Waals surface area contributed by atoms with Crippen LogP contribution in [0.4, 0.5) is 0 Å². The van der Waals surface area contributed by atoms with Crippen molar-refractivity contribution in [2.24, 2.45) is 5.41 Å². The van der Waals surface area contributed by atoms with E-state index in [0.29, 0.717) is 18.5 Å². The smallest absolute Gasteiger partial charge is 0.260 e. The maximum absolute atomic E-state index is 12.8. The summed E-state index contributed by atoms with van der Waals surface area (Å²) >= 11 is 0. The van der Waals surface area contributed by atoms with Crippen molar-refractivity contribution in [3.8, 4) is 0 Å². The Morgan fingerprint density at radius 1 is 1.26 bits per heavy atom. The molecule has 0 bridgehead atoms. The van der Waals surface area contributed by atoms with Crippen LogP contribution in [0.15, 0.2) is 55.1 Å². The molecule has 1 saturated heterocycles. The first kappa shape index (κ1) is 15.5. The third-order valence-corrected chi connectivity index (χ3v) is 4.71. The number of hydrogen-bond acceptors (Lipinski definition) is 2. The molecule has 3 heteroatoms. The van der Waals surface area contributed by atoms with Crippen LogP contribution in [-0.4, -0.2) is 23.3 Å². The van der Waals surface area contributed by atoms with Crippen molar-refractivity contribution in [2.45, 2.75) is 26.2 Å². The molecule has 0 radical (unpaired) electrons. The molecule has 1 aliphatic rings. The van der Waals surface area contributed by atoms with Gasteiger partial charge in [0, 0.05) is 12.1 Å². The summed E-state index contributed by atoms with van der Waals surface area (Å²) in [6.45, 7) is 6.17. The molecule has 118 valence electrons. The van der Waals surface area contributed by atoms with Crippen LogP contribution in [0.5, 0.6) is 0 Å². The largest absolute Gasteiger partial charge is 0.278 e. The lowest BCUT2D eigenvalue weighted by molar-refractivity contribution is -0.141. The molecule has 1 fully saturated rings. The number of imide groups is 1. The molecule has 1 atom stereocenters. The molecule has 2 aromatic carbocycles. The first-order valence-electron chi connectivity index (χ1n) is 8.01. The quantitative estimate of drug-likeness (QED) is 0.630. The van der Waals surface area contributed by atoms with Crippen LogP contribution in [0.1, 0.15) is 36.5 Å². The zero-order chi connectivity index (χ0) is 16.4. The number of amides is 2. The zero-order valence-corrected chi connectivity index (χ0v) is 13.4. The molecule has 0 N–H and O–H groups in total. The molecule has 1 unspecified atom stereocenters. The fourth-order valence-corrected chi connectivity index (χ4v) is 3.34. The van der Waals surface area contributed by atoms with E-state index in [0.717, 1.165) is 23.6 Å². The Hall–Kier alpha value is -2.42. The van der Waals surface area contributed by atoms with Crippen LogP contribution in [0.3, 0.4) is 0 Å². The molecule has 0 spiro atoms. The summed E-state index contributed by atoms with van der Waals surface area (Å²) in [5.41, 5.74) is 0.0619. The minimum atomic E-state index is -0.507. The Bertz CT molecular complexity index is 780. The van der Waals surface area contributed by atoms with Crippen molar-refractivity contribution in [2.75, 3.05) is 6.54 Å². The Balaban J connectivity index is 1.91. The van der Waals surface area contributed by atoms with Crippen molar-refractivity contribution in [3.05, 3.63) is 60.7 Å². The molecular formula is C20H21NO2. The van der Waals surface area contributed by atoms with Crippen molar-refractivity contribution >= 4 is 22.6 Å². The number of rotatable bonds is 3. The van der Waals surface area contributed by atoms with Crippen LogP contribution < -0.4 is 0 Å². The standard InChI is InChI=1S/C20H21NO2/c1-3-11-20(2)12-6-13-21(19(20)23)18(22)17-10-9-15-7-4-5-8-16(15)14-17/h3-5,7-10,14H,1,6,11-13H2,2H3. The molecular weight excluding hydrogens is 286 g/mol. The van der Waals surface area contributed by atoms with Gasteiger partial charge in [-0.2, -0.15) is 0 Å². The Morgan fingerprint density at radius 2 is 2.00 bits per heavy atom. The summed E-state index contributed by atoms with van der Waals surface area (Å²) in [6, 6.07) is 13.5. The van der Waals surface area contributed by atoms with Crippen molar-refractivity contribution in [1.29, 1.82) is 0 Å². The molecule has 2 amide bonds. The second kappa shape index (κ2) is 5.99. The number of nitrogens with zero attached hydrogens (tertiary/aromatic N) is 1. The highest BCUT2D eigenvalue weighted by atomic mass is 16.2. The van der Waals surface area contributed by atoms with Crippen molar-refractivity contribution < 1.29 is 9.59 Å². The summed E-state index contributed by atoms with van der Waals surface area (Å²) in [4.78, 5) is 27.0. The third kappa shape index (κ3) is 2.79. The van der Waals surface area contributed by atoms with Gasteiger partial charge in [0.05, 0.1) is 5.41 Å². The van der Waals surface area contributed by atoms with Gasteiger partial charge in [-0.1, -0.05) is 43.3 Å². The van der Waals surface area contributed by atoms with E-state index >= 15 is 0 Å². The summed E-state index contributed by atoms with van der Waals surface area (Å²) in [5, 5.41) is 2.10. The maximum Gasteiger partial charge on any atom is 0.260 e. The molecule has 0 aliphatic carbocycles. The van der Waals surface area contributed by atoms with Gasteiger partial charge in [0.2, 0.25) is 5.91 Å². The molecule has 23 heavy (non-hydrogen) atoms. The van der Waals surface area contributed by atoms with Crippen LogP contribution in [0.2, 0.25) is 0 Å². The first-order chi connectivity index (χ1) is 11.0. The fraction of sp³-hybridized carbons (Fsp3) is 0.300. The van der Waals surface area contributed by atoms with Crippen LogP contribution in [0, 0.1) is 5.41 Å². The zero-order valence-electron chi connectivity index (χ0n) is 13.4. The summed E-state index contributed by atoms with van der Waals surface area (Å²) in [6.07, 6.45) is 4.02. The van der Waals surface area contributed by atoms with E-state index in [9.17, 15) is 9.59 Å². The number of piperidine rings is 1. The molecule has 3 rings (SSSR count). The molecule has 2 aromatic rings. The van der Waals surface area contributed by atoms with Crippen LogP contribution in [-0.2, 0) is 4.79 Å². The number of carbonyl (C=O) groups excluding carboxylic acids is 2. The lowest BCUT2D eigenvalue weighted by Crippen LogP contribution is -2.49. The molecule has 1 aliphatic heterocycles. The summed E-state index contributed by atoms with van der Waals surface area (Å²) in [7, 11) is 0. The maximum atomic E-state index is 12.8. The number of allylic oxidation sites excluding steroid dienone is 1. The van der Waals surface area contributed by atoms with E-state index in [2.05, 4.69) is 6.58 Å². The Morgan fingerprint density at radius 3 is 2.74 bits per heavy atom. The predicted octanol–water partition coefficient (Wildman–Crippen LogP) is 4.18. The summed E-state index contributed by atoms with van der Waals surface area (Å²) < 4.78 is 0. The minimum absolute atomic E-state index is 0.0817. The number of benzene rings is 2. The topological polar surface area (TPSA) is 37.4 Å². The monoisotopic (exact) mass is 307 g/mol. The van der Waals surface area contributed by atoms with Gasteiger partial charge in [0.25, 0.3) is 5.91 Å². The Labute approximate surface area is 136 Å². The highest BCUT2D eigenvalue weighted by Gasteiger charge is 2.41. The first-order valence-corrected chi connectivity index (χ1v) is 8.01. The van der Waals surface area contributed by atoms with Gasteiger partial charge in [-0.3, -0.25) is 14.5 Å².